The third kappa shape index (κ3) is 3.29. The summed E-state index contributed by atoms with van der Waals surface area (Å²) >= 11 is 0. The van der Waals surface area contributed by atoms with Crippen LogP contribution < -0.4 is 15.8 Å². The number of anilines is 1. The Morgan fingerprint density at radius 1 is 1.10 bits per heavy atom. The van der Waals surface area contributed by atoms with Crippen LogP contribution in [0.3, 0.4) is 0 Å². The van der Waals surface area contributed by atoms with Gasteiger partial charge in [-0.25, -0.2) is 9.97 Å². The van der Waals surface area contributed by atoms with Crippen LogP contribution in [0.1, 0.15) is 36.9 Å². The molecule has 6 rings (SSSR count). The van der Waals surface area contributed by atoms with Crippen molar-refractivity contribution >= 4 is 17.0 Å². The molecule has 1 atom stereocenters. The van der Waals surface area contributed by atoms with E-state index in [0.29, 0.717) is 23.3 Å². The van der Waals surface area contributed by atoms with Crippen LogP contribution in [-0.2, 0) is 0 Å². The number of nitrogens with zero attached hydrogens (tertiary/aromatic N) is 5. The maximum absolute atomic E-state index is 13.0. The zero-order chi connectivity index (χ0) is 21.1. The minimum Gasteiger partial charge on any atom is -0.368 e. The summed E-state index contributed by atoms with van der Waals surface area (Å²) in [5.74, 6) is 0.565. The van der Waals surface area contributed by atoms with E-state index in [4.69, 9.17) is 9.97 Å². The van der Waals surface area contributed by atoms with Gasteiger partial charge in [-0.05, 0) is 56.4 Å². The lowest BCUT2D eigenvalue weighted by atomic mass is 10.1. The van der Waals surface area contributed by atoms with Crippen LogP contribution in [0.4, 0.5) is 5.69 Å². The van der Waals surface area contributed by atoms with Crippen molar-refractivity contribution in [2.75, 3.05) is 24.5 Å². The molecular formula is C24H26N6O. The standard InChI is InChI=1S/C24H26N6O/c1-15-11-28(8-7-25-15)19-5-6-22-27-21(10-23(31)30(22)14-19)18-9-20(17-3-4-17)24-26-16(2)12-29(24)13-18/h5-6,9-10,12-15,17,25H,3-4,7-8,11H2,1-2H3/t15-/m1/s1. The first kappa shape index (κ1) is 18.6. The first-order valence-corrected chi connectivity index (χ1v) is 11.1. The van der Waals surface area contributed by atoms with Crippen LogP contribution in [-0.4, -0.2) is 44.4 Å². The minimum atomic E-state index is -0.0556. The second-order valence-corrected chi connectivity index (χ2v) is 8.97. The molecule has 5 heterocycles. The zero-order valence-electron chi connectivity index (χ0n) is 17.9. The average Bonchev–Trinajstić information content (AvgIpc) is 3.53. The average molecular weight is 415 g/mol. The lowest BCUT2D eigenvalue weighted by Crippen LogP contribution is -2.49. The highest BCUT2D eigenvalue weighted by molar-refractivity contribution is 5.67. The van der Waals surface area contributed by atoms with E-state index in [1.807, 2.05) is 31.6 Å². The fourth-order valence-electron chi connectivity index (χ4n) is 4.68. The monoisotopic (exact) mass is 414 g/mol. The molecule has 1 N–H and O–H groups in total. The van der Waals surface area contributed by atoms with E-state index in [1.165, 1.54) is 18.4 Å². The van der Waals surface area contributed by atoms with Crippen molar-refractivity contribution in [1.29, 1.82) is 0 Å². The Balaban J connectivity index is 1.44. The number of rotatable bonds is 3. The lowest BCUT2D eigenvalue weighted by molar-refractivity contribution is 0.484. The van der Waals surface area contributed by atoms with Crippen molar-refractivity contribution in [2.24, 2.45) is 0 Å². The predicted octanol–water partition coefficient (Wildman–Crippen LogP) is 2.99. The third-order valence-corrected chi connectivity index (χ3v) is 6.39. The van der Waals surface area contributed by atoms with Gasteiger partial charge in [-0.2, -0.15) is 0 Å². The molecule has 4 aromatic heterocycles. The molecule has 1 aliphatic heterocycles. The van der Waals surface area contributed by atoms with E-state index in [0.717, 1.165) is 42.2 Å². The van der Waals surface area contributed by atoms with Crippen LogP contribution in [0.2, 0.25) is 0 Å². The van der Waals surface area contributed by atoms with Crippen molar-refractivity contribution < 1.29 is 0 Å². The molecule has 0 spiro atoms. The summed E-state index contributed by atoms with van der Waals surface area (Å²) in [5, 5.41) is 3.46. The number of fused-ring (bicyclic) bond motifs is 2. The molecular weight excluding hydrogens is 388 g/mol. The van der Waals surface area contributed by atoms with Gasteiger partial charge in [-0.3, -0.25) is 9.20 Å². The largest absolute Gasteiger partial charge is 0.368 e. The number of hydrogen-bond donors (Lipinski definition) is 1. The summed E-state index contributed by atoms with van der Waals surface area (Å²) in [6, 6.07) is 8.28. The Kier molecular flexibility index (Phi) is 4.14. The van der Waals surface area contributed by atoms with Crippen molar-refractivity contribution in [3.63, 3.8) is 0 Å². The predicted molar refractivity (Wildman–Crippen MR) is 122 cm³/mol. The highest BCUT2D eigenvalue weighted by Gasteiger charge is 2.27. The molecule has 4 aromatic rings. The molecule has 2 aliphatic rings. The Labute approximate surface area is 180 Å². The quantitative estimate of drug-likeness (QED) is 0.558. The van der Waals surface area contributed by atoms with E-state index >= 15 is 0 Å². The summed E-state index contributed by atoms with van der Waals surface area (Å²) in [7, 11) is 0. The maximum atomic E-state index is 13.0. The molecule has 0 radical (unpaired) electrons. The van der Waals surface area contributed by atoms with E-state index in [-0.39, 0.29) is 5.56 Å². The highest BCUT2D eigenvalue weighted by Crippen LogP contribution is 2.42. The zero-order valence-corrected chi connectivity index (χ0v) is 17.9. The number of pyridine rings is 2. The maximum Gasteiger partial charge on any atom is 0.258 e. The van der Waals surface area contributed by atoms with Gasteiger partial charge in [0.1, 0.15) is 11.3 Å². The molecule has 1 aliphatic carbocycles. The molecule has 0 aromatic carbocycles. The number of nitrogens with one attached hydrogen (secondary N) is 1. The van der Waals surface area contributed by atoms with Crippen molar-refractivity contribution in [3.8, 4) is 11.3 Å². The van der Waals surface area contributed by atoms with E-state index in [9.17, 15) is 4.79 Å². The molecule has 1 saturated carbocycles. The molecule has 0 bridgehead atoms. The van der Waals surface area contributed by atoms with Crippen LogP contribution in [0.15, 0.2) is 47.7 Å². The summed E-state index contributed by atoms with van der Waals surface area (Å²) in [6.07, 6.45) is 8.40. The Morgan fingerprint density at radius 2 is 1.97 bits per heavy atom. The van der Waals surface area contributed by atoms with E-state index in [1.54, 1.807) is 10.5 Å². The summed E-state index contributed by atoms with van der Waals surface area (Å²) in [4.78, 5) is 24.9. The summed E-state index contributed by atoms with van der Waals surface area (Å²) < 4.78 is 3.74. The van der Waals surface area contributed by atoms with Gasteiger partial charge in [0.25, 0.3) is 5.56 Å². The van der Waals surface area contributed by atoms with Crippen molar-refractivity contribution in [2.45, 2.75) is 38.6 Å². The van der Waals surface area contributed by atoms with Gasteiger partial charge in [-0.15, -0.1) is 0 Å². The van der Waals surface area contributed by atoms with Gasteiger partial charge < -0.3 is 14.6 Å². The van der Waals surface area contributed by atoms with Crippen LogP contribution >= 0.6 is 0 Å². The Morgan fingerprint density at radius 3 is 2.77 bits per heavy atom. The normalized spacial score (nSPS) is 19.4. The molecule has 0 amide bonds. The molecule has 31 heavy (non-hydrogen) atoms. The smallest absolute Gasteiger partial charge is 0.258 e. The molecule has 7 heteroatoms. The fourth-order valence-corrected chi connectivity index (χ4v) is 4.68. The first-order chi connectivity index (χ1) is 15.0. The number of aromatic nitrogens is 4. The minimum absolute atomic E-state index is 0.0556. The SMILES string of the molecule is Cc1cn2cc(-c3cc(=O)n4cc(N5CCN[C@H](C)C5)ccc4n3)cc(C3CC3)c2n1. The van der Waals surface area contributed by atoms with Gasteiger partial charge in [0.15, 0.2) is 0 Å². The first-order valence-electron chi connectivity index (χ1n) is 11.1. The van der Waals surface area contributed by atoms with Gasteiger partial charge in [0, 0.05) is 55.9 Å². The Hall–Kier alpha value is -3.19. The van der Waals surface area contributed by atoms with Crippen LogP contribution in [0, 0.1) is 6.92 Å². The topological polar surface area (TPSA) is 66.9 Å². The molecule has 158 valence electrons. The molecule has 1 saturated heterocycles. The fraction of sp³-hybridized carbons (Fsp3) is 0.375. The van der Waals surface area contributed by atoms with Gasteiger partial charge in [-0.1, -0.05) is 0 Å². The van der Waals surface area contributed by atoms with Crippen LogP contribution in [0.25, 0.3) is 22.6 Å². The van der Waals surface area contributed by atoms with Gasteiger partial charge in [0.2, 0.25) is 0 Å². The second kappa shape index (κ2) is 6.92. The molecule has 0 unspecified atom stereocenters. The van der Waals surface area contributed by atoms with Gasteiger partial charge >= 0.3 is 0 Å². The van der Waals surface area contributed by atoms with Crippen molar-refractivity contribution in [3.05, 3.63) is 64.5 Å². The number of imidazole rings is 1. The van der Waals surface area contributed by atoms with Gasteiger partial charge in [0.05, 0.1) is 17.1 Å². The highest BCUT2D eigenvalue weighted by atomic mass is 16.1. The van der Waals surface area contributed by atoms with Crippen molar-refractivity contribution in [1.82, 2.24) is 24.1 Å². The number of aryl methyl sites for hydroxylation is 1. The molecule has 2 fully saturated rings. The molecule has 7 nitrogen and oxygen atoms in total. The number of hydrogen-bond acceptors (Lipinski definition) is 5. The van der Waals surface area contributed by atoms with Crippen LogP contribution in [0.5, 0.6) is 0 Å². The summed E-state index contributed by atoms with van der Waals surface area (Å²) in [6.45, 7) is 7.01. The Bertz CT molecular complexity index is 1370. The second-order valence-electron chi connectivity index (χ2n) is 8.97. The summed E-state index contributed by atoms with van der Waals surface area (Å²) in [5.41, 5.74) is 6.63. The van der Waals surface area contributed by atoms with E-state index < -0.39 is 0 Å². The number of piperazine rings is 1. The third-order valence-electron chi connectivity index (χ3n) is 6.39. The lowest BCUT2D eigenvalue weighted by Gasteiger charge is -2.33. The van der Waals surface area contributed by atoms with E-state index in [2.05, 4.69) is 33.7 Å².